The summed E-state index contributed by atoms with van der Waals surface area (Å²) < 4.78 is 31.7. The fourth-order valence-corrected chi connectivity index (χ4v) is 4.30. The molecule has 7 heteroatoms. The Bertz CT molecular complexity index is 940. The molecule has 0 aliphatic heterocycles. The molecule has 0 aliphatic carbocycles. The number of nitrogens with one attached hydrogen (secondary N) is 1. The SMILES string of the molecule is CCOc1ccc(CNC(=O)[C@@H](CC)N(c2ccc(C)c(C)c2)S(C)(=O)=O)cc1. The molecule has 29 heavy (non-hydrogen) atoms. The van der Waals surface area contributed by atoms with Gasteiger partial charge in [-0.15, -0.1) is 0 Å². The third kappa shape index (κ3) is 5.97. The molecule has 0 aromatic heterocycles. The number of nitrogens with zero attached hydrogens (tertiary/aromatic N) is 1. The summed E-state index contributed by atoms with van der Waals surface area (Å²) in [4.78, 5) is 12.9. The van der Waals surface area contributed by atoms with Crippen molar-refractivity contribution in [2.45, 2.75) is 46.7 Å². The predicted molar refractivity (Wildman–Crippen MR) is 117 cm³/mol. The molecule has 0 fully saturated rings. The predicted octanol–water partition coefficient (Wildman–Crippen LogP) is 3.56. The van der Waals surface area contributed by atoms with E-state index in [4.69, 9.17) is 4.74 Å². The van der Waals surface area contributed by atoms with Crippen LogP contribution in [0, 0.1) is 13.8 Å². The van der Waals surface area contributed by atoms with Crippen LogP contribution < -0.4 is 14.4 Å². The van der Waals surface area contributed by atoms with Gasteiger partial charge in [0, 0.05) is 6.54 Å². The first kappa shape index (κ1) is 22.7. The van der Waals surface area contributed by atoms with Gasteiger partial charge in [-0.2, -0.15) is 0 Å². The number of rotatable bonds is 9. The Hall–Kier alpha value is -2.54. The molecule has 2 aromatic carbocycles. The molecular formula is C22H30N2O4S. The Kier molecular flexibility index (Phi) is 7.67. The normalized spacial score (nSPS) is 12.3. The molecule has 0 aliphatic rings. The quantitative estimate of drug-likeness (QED) is 0.676. The van der Waals surface area contributed by atoms with Gasteiger partial charge in [-0.1, -0.05) is 25.1 Å². The van der Waals surface area contributed by atoms with E-state index >= 15 is 0 Å². The highest BCUT2D eigenvalue weighted by Crippen LogP contribution is 2.25. The summed E-state index contributed by atoms with van der Waals surface area (Å²) in [5, 5.41) is 2.86. The van der Waals surface area contributed by atoms with Gasteiger partial charge in [0.05, 0.1) is 18.6 Å². The van der Waals surface area contributed by atoms with Crippen LogP contribution in [-0.2, 0) is 21.4 Å². The van der Waals surface area contributed by atoms with Crippen molar-refractivity contribution in [3.05, 3.63) is 59.2 Å². The second kappa shape index (κ2) is 9.78. The third-order valence-corrected chi connectivity index (χ3v) is 5.96. The molecule has 1 amide bonds. The number of ether oxygens (including phenoxy) is 1. The highest BCUT2D eigenvalue weighted by molar-refractivity contribution is 7.92. The lowest BCUT2D eigenvalue weighted by Crippen LogP contribution is -2.49. The molecule has 0 saturated heterocycles. The average Bonchev–Trinajstić information content (AvgIpc) is 2.67. The second-order valence-electron chi connectivity index (χ2n) is 7.05. The monoisotopic (exact) mass is 418 g/mol. The Balaban J connectivity index is 2.20. The van der Waals surface area contributed by atoms with Crippen LogP contribution in [0.5, 0.6) is 5.75 Å². The smallest absolute Gasteiger partial charge is 0.244 e. The molecule has 1 atom stereocenters. The maximum atomic E-state index is 12.9. The summed E-state index contributed by atoms with van der Waals surface area (Å²) >= 11 is 0. The van der Waals surface area contributed by atoms with Crippen LogP contribution >= 0.6 is 0 Å². The zero-order chi connectivity index (χ0) is 21.6. The molecule has 2 aromatic rings. The average molecular weight is 419 g/mol. The van der Waals surface area contributed by atoms with E-state index in [0.717, 1.165) is 28.7 Å². The third-order valence-electron chi connectivity index (χ3n) is 4.78. The Morgan fingerprint density at radius 1 is 1.07 bits per heavy atom. The number of benzene rings is 2. The minimum absolute atomic E-state index is 0.312. The van der Waals surface area contributed by atoms with Gasteiger partial charge in [0.15, 0.2) is 0 Å². The molecule has 158 valence electrons. The zero-order valence-electron chi connectivity index (χ0n) is 17.7. The van der Waals surface area contributed by atoms with Crippen LogP contribution in [-0.4, -0.2) is 33.2 Å². The zero-order valence-corrected chi connectivity index (χ0v) is 18.5. The summed E-state index contributed by atoms with van der Waals surface area (Å²) in [5.74, 6) is 0.442. The maximum Gasteiger partial charge on any atom is 0.244 e. The Morgan fingerprint density at radius 2 is 1.72 bits per heavy atom. The molecule has 0 radical (unpaired) electrons. The first-order valence-corrected chi connectivity index (χ1v) is 11.6. The Morgan fingerprint density at radius 3 is 2.24 bits per heavy atom. The van der Waals surface area contributed by atoms with Crippen LogP contribution in [0.1, 0.15) is 37.0 Å². The van der Waals surface area contributed by atoms with Crippen molar-refractivity contribution in [2.75, 3.05) is 17.2 Å². The van der Waals surface area contributed by atoms with E-state index in [-0.39, 0.29) is 5.91 Å². The van der Waals surface area contributed by atoms with Gasteiger partial charge in [-0.25, -0.2) is 8.42 Å². The van der Waals surface area contributed by atoms with Crippen molar-refractivity contribution in [1.82, 2.24) is 5.32 Å². The van der Waals surface area contributed by atoms with E-state index in [2.05, 4.69) is 5.32 Å². The lowest BCUT2D eigenvalue weighted by Gasteiger charge is -2.30. The Labute approximate surface area is 173 Å². The highest BCUT2D eigenvalue weighted by atomic mass is 32.2. The number of carbonyl (C=O) groups is 1. The van der Waals surface area contributed by atoms with Crippen LogP contribution in [0.2, 0.25) is 0 Å². The van der Waals surface area contributed by atoms with Crippen molar-refractivity contribution in [2.24, 2.45) is 0 Å². The van der Waals surface area contributed by atoms with Crippen LogP contribution in [0.15, 0.2) is 42.5 Å². The summed E-state index contributed by atoms with van der Waals surface area (Å²) in [7, 11) is -3.64. The van der Waals surface area contributed by atoms with Gasteiger partial charge in [-0.3, -0.25) is 9.10 Å². The fraction of sp³-hybridized carbons (Fsp3) is 0.409. The number of aryl methyl sites for hydroxylation is 2. The summed E-state index contributed by atoms with van der Waals surface area (Å²) in [5.41, 5.74) is 3.45. The number of hydrogen-bond acceptors (Lipinski definition) is 4. The summed E-state index contributed by atoms with van der Waals surface area (Å²) in [6.45, 7) is 8.51. The van der Waals surface area contributed by atoms with Gasteiger partial charge in [0.2, 0.25) is 15.9 Å². The summed E-state index contributed by atoms with van der Waals surface area (Å²) in [6.07, 6.45) is 1.49. The minimum Gasteiger partial charge on any atom is -0.494 e. The largest absolute Gasteiger partial charge is 0.494 e. The van der Waals surface area contributed by atoms with Crippen LogP contribution in [0.3, 0.4) is 0 Å². The van der Waals surface area contributed by atoms with Gasteiger partial charge in [0.1, 0.15) is 11.8 Å². The summed E-state index contributed by atoms with van der Waals surface area (Å²) in [6, 6.07) is 12.0. The molecule has 2 rings (SSSR count). The van der Waals surface area contributed by atoms with Gasteiger partial charge < -0.3 is 10.1 Å². The maximum absolute atomic E-state index is 12.9. The number of carbonyl (C=O) groups excluding carboxylic acids is 1. The van der Waals surface area contributed by atoms with Crippen molar-refractivity contribution in [3.63, 3.8) is 0 Å². The van der Waals surface area contributed by atoms with Crippen molar-refractivity contribution in [3.8, 4) is 5.75 Å². The molecule has 0 spiro atoms. The molecular weight excluding hydrogens is 388 g/mol. The number of amides is 1. The first-order chi connectivity index (χ1) is 13.7. The number of sulfonamides is 1. The van der Waals surface area contributed by atoms with Crippen molar-refractivity contribution >= 4 is 21.6 Å². The van der Waals surface area contributed by atoms with E-state index in [1.165, 1.54) is 4.31 Å². The lowest BCUT2D eigenvalue weighted by molar-refractivity contribution is -0.122. The lowest BCUT2D eigenvalue weighted by atomic mass is 10.1. The van der Waals surface area contributed by atoms with Crippen molar-refractivity contribution < 1.29 is 17.9 Å². The van der Waals surface area contributed by atoms with Crippen molar-refractivity contribution in [1.29, 1.82) is 0 Å². The van der Waals surface area contributed by atoms with E-state index in [0.29, 0.717) is 25.3 Å². The highest BCUT2D eigenvalue weighted by Gasteiger charge is 2.31. The topological polar surface area (TPSA) is 75.7 Å². The first-order valence-electron chi connectivity index (χ1n) is 9.73. The molecule has 1 N–H and O–H groups in total. The molecule has 0 unspecified atom stereocenters. The van der Waals surface area contributed by atoms with Crippen LogP contribution in [0.25, 0.3) is 0 Å². The van der Waals surface area contributed by atoms with Gasteiger partial charge in [-0.05, 0) is 68.1 Å². The standard InChI is InChI=1S/C22H30N2O4S/c1-6-21(22(25)23-15-18-9-12-20(13-10-18)28-7-2)24(29(5,26)27)19-11-8-16(3)17(4)14-19/h8-14,21H,6-7,15H2,1-5H3,(H,23,25)/t21-/m1/s1. The van der Waals surface area contributed by atoms with Gasteiger partial charge in [0.25, 0.3) is 0 Å². The van der Waals surface area contributed by atoms with E-state index in [9.17, 15) is 13.2 Å². The molecule has 0 saturated carbocycles. The molecule has 6 nitrogen and oxygen atoms in total. The molecule has 0 bridgehead atoms. The minimum atomic E-state index is -3.64. The van der Waals surface area contributed by atoms with Crippen LogP contribution in [0.4, 0.5) is 5.69 Å². The van der Waals surface area contributed by atoms with E-state index in [1.54, 1.807) is 19.1 Å². The number of anilines is 1. The number of hydrogen-bond donors (Lipinski definition) is 1. The van der Waals surface area contributed by atoms with Gasteiger partial charge >= 0.3 is 0 Å². The van der Waals surface area contributed by atoms with E-state index in [1.807, 2.05) is 51.1 Å². The van der Waals surface area contributed by atoms with E-state index < -0.39 is 16.1 Å². The second-order valence-corrected chi connectivity index (χ2v) is 8.91. The fourth-order valence-electron chi connectivity index (χ4n) is 3.10. The molecule has 0 heterocycles.